The van der Waals surface area contributed by atoms with Crippen LogP contribution in [0, 0.1) is 18.8 Å². The minimum Gasteiger partial charge on any atom is -0.510 e. The first kappa shape index (κ1) is 19.6. The van der Waals surface area contributed by atoms with Gasteiger partial charge in [-0.15, -0.1) is 0 Å². The van der Waals surface area contributed by atoms with Crippen molar-refractivity contribution in [2.75, 3.05) is 7.05 Å². The average Bonchev–Trinajstić information content (AvgIpc) is 2.65. The Morgan fingerprint density at radius 3 is 2.66 bits per heavy atom. The molecule has 4 rings (SSSR count). The second-order valence-corrected chi connectivity index (χ2v) is 8.36. The third kappa shape index (κ3) is 2.42. The lowest BCUT2D eigenvalue weighted by Crippen LogP contribution is -2.63. The maximum absolute atomic E-state index is 13.2. The van der Waals surface area contributed by atoms with Gasteiger partial charge in [-0.1, -0.05) is 24.8 Å². The fourth-order valence-electron chi connectivity index (χ4n) is 5.72. The zero-order valence-corrected chi connectivity index (χ0v) is 16.9. The first-order valence-corrected chi connectivity index (χ1v) is 9.81. The third-order valence-corrected chi connectivity index (χ3v) is 7.00. The predicted molar refractivity (Wildman–Crippen MR) is 110 cm³/mol. The number of benzene rings is 1. The van der Waals surface area contributed by atoms with Crippen molar-refractivity contribution < 1.29 is 19.8 Å². The molecule has 0 aliphatic heterocycles. The molecule has 0 saturated heterocycles. The number of carbonyl (C=O) groups excluding carboxylic acids is 2. The maximum atomic E-state index is 13.2. The van der Waals surface area contributed by atoms with Crippen LogP contribution in [0.25, 0.3) is 5.57 Å². The van der Waals surface area contributed by atoms with E-state index in [0.717, 1.165) is 28.7 Å². The second kappa shape index (κ2) is 6.40. The fraction of sp³-hybridized carbons (Fsp3) is 0.391. The van der Waals surface area contributed by atoms with Gasteiger partial charge in [0, 0.05) is 5.92 Å². The van der Waals surface area contributed by atoms with E-state index < -0.39 is 34.8 Å². The van der Waals surface area contributed by atoms with Crippen molar-refractivity contribution in [2.45, 2.75) is 38.3 Å². The van der Waals surface area contributed by atoms with Gasteiger partial charge in [0.05, 0.1) is 6.04 Å². The van der Waals surface area contributed by atoms with Gasteiger partial charge in [0.15, 0.2) is 5.60 Å². The number of fused-ring (bicyclic) bond motifs is 3. The number of hydrogen-bond acceptors (Lipinski definition) is 5. The number of carbonyl (C=O) groups is 2. The molecule has 4 atom stereocenters. The van der Waals surface area contributed by atoms with Crippen LogP contribution in [0.15, 0.2) is 47.3 Å². The van der Waals surface area contributed by atoms with Crippen molar-refractivity contribution in [3.8, 4) is 0 Å². The molecule has 0 bridgehead atoms. The molecule has 152 valence electrons. The number of amides is 1. The molecule has 0 fully saturated rings. The van der Waals surface area contributed by atoms with Crippen molar-refractivity contribution in [1.29, 1.82) is 0 Å². The van der Waals surface area contributed by atoms with Crippen molar-refractivity contribution in [2.24, 2.45) is 17.6 Å². The van der Waals surface area contributed by atoms with Gasteiger partial charge in [-0.05, 0) is 73.1 Å². The Bertz CT molecular complexity index is 1040. The van der Waals surface area contributed by atoms with Gasteiger partial charge in [-0.2, -0.15) is 0 Å². The van der Waals surface area contributed by atoms with Crippen LogP contribution in [0.5, 0.6) is 0 Å². The number of ketones is 1. The van der Waals surface area contributed by atoms with Gasteiger partial charge < -0.3 is 21.3 Å². The zero-order valence-electron chi connectivity index (χ0n) is 16.9. The molecule has 5 N–H and O–H groups in total. The minimum atomic E-state index is -1.92. The summed E-state index contributed by atoms with van der Waals surface area (Å²) >= 11 is 0. The van der Waals surface area contributed by atoms with E-state index in [2.05, 4.69) is 18.0 Å². The van der Waals surface area contributed by atoms with Crippen molar-refractivity contribution in [3.63, 3.8) is 0 Å². The monoisotopic (exact) mass is 394 g/mol. The van der Waals surface area contributed by atoms with Gasteiger partial charge in [0.2, 0.25) is 5.78 Å². The molecule has 1 aromatic rings. The quantitative estimate of drug-likeness (QED) is 0.571. The third-order valence-electron chi connectivity index (χ3n) is 7.00. The molecule has 3 aliphatic rings. The Balaban J connectivity index is 1.95. The number of aryl methyl sites for hydroxylation is 1. The van der Waals surface area contributed by atoms with Crippen LogP contribution in [-0.2, 0) is 16.0 Å². The van der Waals surface area contributed by atoms with Gasteiger partial charge in [0.25, 0.3) is 5.91 Å². The second-order valence-electron chi connectivity index (χ2n) is 8.36. The lowest BCUT2D eigenvalue weighted by molar-refractivity contribution is -0.141. The summed E-state index contributed by atoms with van der Waals surface area (Å²) in [5.74, 6) is -2.81. The first-order chi connectivity index (χ1) is 13.6. The molecule has 2 unspecified atom stereocenters. The number of primary amides is 1. The molecule has 3 aliphatic carbocycles. The normalized spacial score (nSPS) is 31.4. The van der Waals surface area contributed by atoms with Crippen molar-refractivity contribution >= 4 is 17.3 Å². The maximum Gasteiger partial charge on any atom is 0.255 e. The Morgan fingerprint density at radius 1 is 1.34 bits per heavy atom. The molecule has 0 radical (unpaired) electrons. The summed E-state index contributed by atoms with van der Waals surface area (Å²) < 4.78 is 0. The number of aliphatic hydroxyl groups is 2. The number of aliphatic hydroxyl groups excluding tert-OH is 1. The molecular formula is C23H26N2O4. The number of hydrogen-bond donors (Lipinski definition) is 4. The van der Waals surface area contributed by atoms with E-state index in [1.165, 1.54) is 5.56 Å². The molecule has 0 aromatic heterocycles. The lowest BCUT2D eigenvalue weighted by Gasteiger charge is -2.51. The molecule has 6 heteroatoms. The number of nitrogens with two attached hydrogens (primary N) is 1. The Kier molecular flexibility index (Phi) is 4.33. The zero-order chi connectivity index (χ0) is 21.2. The predicted octanol–water partition coefficient (Wildman–Crippen LogP) is 1.72. The number of likely N-dealkylation sites (N-methyl/N-ethyl adjacent to an activating group) is 1. The minimum absolute atomic E-state index is 0.0636. The standard InChI is InChI=1S/C23H26N2O4/c1-10-6-5-7-13-8-14-9-15-19(25-4)20(26)18(22(24)28)21(27)23(15,29)12(3)17(14)11(2)16(10)13/h5-7,14-15,19,25-26,29H,2,8-9H2,1,3-4H3,(H2,24,28)/t14?,15?,19-,23+/m0/s1. The van der Waals surface area contributed by atoms with Crippen LogP contribution < -0.4 is 11.1 Å². The van der Waals surface area contributed by atoms with Gasteiger partial charge >= 0.3 is 0 Å². The van der Waals surface area contributed by atoms with E-state index in [1.807, 2.05) is 19.1 Å². The molecule has 1 amide bonds. The summed E-state index contributed by atoms with van der Waals surface area (Å²) in [6.45, 7) is 8.06. The Hall–Kier alpha value is -2.70. The summed E-state index contributed by atoms with van der Waals surface area (Å²) in [4.78, 5) is 25.2. The summed E-state index contributed by atoms with van der Waals surface area (Å²) in [6.07, 6.45) is 1.25. The Morgan fingerprint density at radius 2 is 2.03 bits per heavy atom. The molecule has 0 saturated carbocycles. The number of rotatable bonds is 2. The van der Waals surface area contributed by atoms with E-state index in [0.29, 0.717) is 12.0 Å². The van der Waals surface area contributed by atoms with Crippen LogP contribution in [0.1, 0.15) is 30.0 Å². The highest BCUT2D eigenvalue weighted by Crippen LogP contribution is 2.54. The molecule has 6 nitrogen and oxygen atoms in total. The topological polar surface area (TPSA) is 113 Å². The lowest BCUT2D eigenvalue weighted by atomic mass is 9.56. The molecule has 29 heavy (non-hydrogen) atoms. The van der Waals surface area contributed by atoms with E-state index in [1.54, 1.807) is 14.0 Å². The van der Waals surface area contributed by atoms with Crippen LogP contribution in [-0.4, -0.2) is 40.6 Å². The molecule has 0 heterocycles. The molecular weight excluding hydrogens is 368 g/mol. The number of Topliss-reactive ketones (excluding diaryl/α,β-unsaturated/α-hetero) is 1. The summed E-state index contributed by atoms with van der Waals surface area (Å²) in [5.41, 5.74) is 8.47. The van der Waals surface area contributed by atoms with Gasteiger partial charge in [-0.3, -0.25) is 9.59 Å². The number of nitrogens with one attached hydrogen (secondary N) is 1. The van der Waals surface area contributed by atoms with Crippen molar-refractivity contribution in [1.82, 2.24) is 5.32 Å². The summed E-state index contributed by atoms with van der Waals surface area (Å²) in [6, 6.07) is 5.39. The summed E-state index contributed by atoms with van der Waals surface area (Å²) in [5, 5.41) is 25.3. The summed E-state index contributed by atoms with van der Waals surface area (Å²) in [7, 11) is 1.63. The van der Waals surface area contributed by atoms with Gasteiger partial charge in [-0.25, -0.2) is 0 Å². The largest absolute Gasteiger partial charge is 0.510 e. The highest BCUT2D eigenvalue weighted by Gasteiger charge is 2.59. The van der Waals surface area contributed by atoms with Crippen LogP contribution in [0.2, 0.25) is 0 Å². The van der Waals surface area contributed by atoms with E-state index in [-0.39, 0.29) is 11.7 Å². The molecule has 0 spiro atoms. The highest BCUT2D eigenvalue weighted by atomic mass is 16.3. The highest BCUT2D eigenvalue weighted by molar-refractivity contribution is 6.24. The van der Waals surface area contributed by atoms with Crippen LogP contribution in [0.3, 0.4) is 0 Å². The smallest absolute Gasteiger partial charge is 0.255 e. The fourth-order valence-corrected chi connectivity index (χ4v) is 5.72. The number of allylic oxidation sites excluding steroid dienone is 2. The van der Waals surface area contributed by atoms with Crippen LogP contribution >= 0.6 is 0 Å². The van der Waals surface area contributed by atoms with E-state index in [9.17, 15) is 19.8 Å². The van der Waals surface area contributed by atoms with E-state index >= 15 is 0 Å². The SMILES string of the molecule is C=C1C2=C(C)[C@]3(O)C(=O)C(C(N)=O)=C(O)[C@@H](NC)C3CC2Cc2cccc(C)c21. The van der Waals surface area contributed by atoms with Gasteiger partial charge in [0.1, 0.15) is 11.3 Å². The van der Waals surface area contributed by atoms with Crippen molar-refractivity contribution in [3.05, 3.63) is 63.9 Å². The Labute approximate surface area is 169 Å². The first-order valence-electron chi connectivity index (χ1n) is 9.81. The van der Waals surface area contributed by atoms with E-state index in [4.69, 9.17) is 5.73 Å². The molecule has 1 aromatic carbocycles. The van der Waals surface area contributed by atoms with Crippen LogP contribution in [0.4, 0.5) is 0 Å². The average molecular weight is 394 g/mol.